The number of hydrogen-bond acceptors (Lipinski definition) is 2. The van der Waals surface area contributed by atoms with Crippen LogP contribution in [0.15, 0.2) is 242 Å². The minimum absolute atomic E-state index is 0.847. The molecule has 0 saturated carbocycles. The first-order valence-corrected chi connectivity index (χ1v) is 24.2. The molecule has 0 heterocycles. The number of nitrogens with zero attached hydrogens (tertiary/aromatic N) is 2. The first-order valence-electron chi connectivity index (χ1n) is 24.2. The molecule has 0 saturated heterocycles. The Hall–Kier alpha value is -7.86. The van der Waals surface area contributed by atoms with Crippen LogP contribution in [0.3, 0.4) is 0 Å². The zero-order chi connectivity index (χ0) is 46.9. The van der Waals surface area contributed by atoms with Crippen molar-refractivity contribution in [1.82, 2.24) is 0 Å². The van der Waals surface area contributed by atoms with Crippen molar-refractivity contribution in [2.45, 2.75) is 65.2 Å². The molecule has 2 nitrogen and oxygen atoms in total. The molecule has 2 heteroatoms. The zero-order valence-corrected chi connectivity index (χ0v) is 39.7. The summed E-state index contributed by atoms with van der Waals surface area (Å²) in [6.07, 6.45) is 42.0. The van der Waals surface area contributed by atoms with Crippen LogP contribution in [0.4, 0.5) is 22.7 Å². The van der Waals surface area contributed by atoms with Gasteiger partial charge in [-0.1, -0.05) is 182 Å². The summed E-state index contributed by atoms with van der Waals surface area (Å²) in [6, 6.07) is 53.2. The maximum atomic E-state index is 6.07. The number of allylic oxidation sites excluding steroid dienone is 15. The van der Waals surface area contributed by atoms with Crippen molar-refractivity contribution >= 4 is 34.4 Å². The number of unbranched alkanes of at least 4 members (excludes halogenated alkanes) is 1. The van der Waals surface area contributed by atoms with Crippen LogP contribution in [0.2, 0.25) is 0 Å². The Labute approximate surface area is 406 Å². The molecular weight excluding hydrogens is 821 g/mol. The van der Waals surface area contributed by atoms with E-state index in [0.717, 1.165) is 85.3 Å². The highest BCUT2D eigenvalue weighted by Crippen LogP contribution is 2.41. The lowest BCUT2D eigenvalue weighted by atomic mass is 9.94. The third-order valence-electron chi connectivity index (χ3n) is 12.8. The molecule has 0 aliphatic heterocycles. The summed E-state index contributed by atoms with van der Waals surface area (Å²) >= 11 is 0. The molecule has 6 aromatic carbocycles. The molecule has 0 N–H and O–H groups in total. The van der Waals surface area contributed by atoms with Crippen molar-refractivity contribution in [3.05, 3.63) is 264 Å². The molecule has 2 aliphatic carbocycles. The fourth-order valence-electron chi connectivity index (χ4n) is 9.19. The van der Waals surface area contributed by atoms with Gasteiger partial charge >= 0.3 is 0 Å². The lowest BCUT2D eigenvalue weighted by molar-refractivity contribution is 0.721. The topological polar surface area (TPSA) is 6.48 Å². The van der Waals surface area contributed by atoms with Gasteiger partial charge in [-0.2, -0.15) is 0 Å². The van der Waals surface area contributed by atoms with Crippen molar-refractivity contribution in [2.24, 2.45) is 0 Å². The van der Waals surface area contributed by atoms with Gasteiger partial charge < -0.3 is 9.80 Å². The highest BCUT2D eigenvalue weighted by Gasteiger charge is 2.19. The van der Waals surface area contributed by atoms with Crippen LogP contribution in [0.5, 0.6) is 0 Å². The second-order valence-corrected chi connectivity index (χ2v) is 17.3. The maximum absolute atomic E-state index is 6.07. The van der Waals surface area contributed by atoms with Crippen molar-refractivity contribution in [3.63, 3.8) is 0 Å². The summed E-state index contributed by atoms with van der Waals surface area (Å²) in [4.78, 5) is 4.71. The van der Waals surface area contributed by atoms with Gasteiger partial charge in [0, 0.05) is 40.6 Å². The lowest BCUT2D eigenvalue weighted by Crippen LogP contribution is -2.17. The van der Waals surface area contributed by atoms with Crippen LogP contribution in [0, 0.1) is 12.3 Å². The summed E-state index contributed by atoms with van der Waals surface area (Å²) in [6.45, 7) is 8.15. The molecule has 0 unspecified atom stereocenters. The quantitative estimate of drug-likeness (QED) is 0.0512. The van der Waals surface area contributed by atoms with E-state index in [9.17, 15) is 0 Å². The van der Waals surface area contributed by atoms with Crippen molar-refractivity contribution in [3.8, 4) is 34.6 Å². The molecule has 6 aromatic rings. The van der Waals surface area contributed by atoms with Crippen LogP contribution in [0.1, 0.15) is 74.6 Å². The molecule has 0 atom stereocenters. The fourth-order valence-corrected chi connectivity index (χ4v) is 9.19. The van der Waals surface area contributed by atoms with E-state index in [1.807, 2.05) is 31.2 Å². The van der Waals surface area contributed by atoms with Gasteiger partial charge in [-0.3, -0.25) is 0 Å². The molecule has 0 spiro atoms. The van der Waals surface area contributed by atoms with Crippen molar-refractivity contribution in [1.29, 1.82) is 0 Å². The van der Waals surface area contributed by atoms with Crippen LogP contribution >= 0.6 is 0 Å². The number of terminal acetylenes is 1. The van der Waals surface area contributed by atoms with Crippen LogP contribution in [-0.2, 0) is 12.8 Å². The molecule has 0 fully saturated rings. The Morgan fingerprint density at radius 3 is 2.04 bits per heavy atom. The molecule has 2 aliphatic rings. The average Bonchev–Trinajstić information content (AvgIpc) is 3.40. The van der Waals surface area contributed by atoms with E-state index >= 15 is 0 Å². The SMILES string of the molecule is C#C/C=C(\CCCCc1cccc(-c2ccc(N(c3ccc(-c4ccccc4)cc3)c3cccc4c3C=CCC4)cc2)c1)N(\C=C1/C=CCC/C1=C/C=C\C)c1ccc(/C(C=C)=C/C=C\C)cc1. The average molecular weight is 883 g/mol. The van der Waals surface area contributed by atoms with Gasteiger partial charge in [-0.25, -0.2) is 0 Å². The van der Waals surface area contributed by atoms with Gasteiger partial charge in [0.05, 0.1) is 5.69 Å². The van der Waals surface area contributed by atoms with E-state index in [2.05, 4.69) is 230 Å². The van der Waals surface area contributed by atoms with Gasteiger partial charge in [0.2, 0.25) is 0 Å². The zero-order valence-electron chi connectivity index (χ0n) is 39.7. The summed E-state index contributed by atoms with van der Waals surface area (Å²) in [7, 11) is 0. The van der Waals surface area contributed by atoms with E-state index in [-0.39, 0.29) is 0 Å². The molecule has 0 radical (unpaired) electrons. The number of rotatable bonds is 17. The number of benzene rings is 6. The fraction of sp³-hybridized carbons (Fsp3) is 0.152. The third kappa shape index (κ3) is 11.6. The van der Waals surface area contributed by atoms with E-state index in [1.54, 1.807) is 0 Å². The van der Waals surface area contributed by atoms with E-state index in [0.29, 0.717) is 0 Å². The third-order valence-corrected chi connectivity index (χ3v) is 12.8. The number of anilines is 4. The first-order chi connectivity index (χ1) is 33.6. The summed E-state index contributed by atoms with van der Waals surface area (Å²) in [5.74, 6) is 2.89. The molecule has 8 rings (SSSR count). The summed E-state index contributed by atoms with van der Waals surface area (Å²) in [5, 5.41) is 0. The van der Waals surface area contributed by atoms with Gasteiger partial charge in [0.1, 0.15) is 0 Å². The van der Waals surface area contributed by atoms with Crippen LogP contribution in [0.25, 0.3) is 33.9 Å². The van der Waals surface area contributed by atoms with E-state index in [4.69, 9.17) is 6.42 Å². The predicted molar refractivity (Wildman–Crippen MR) is 295 cm³/mol. The van der Waals surface area contributed by atoms with Gasteiger partial charge in [-0.05, 0) is 163 Å². The second kappa shape index (κ2) is 23.5. The van der Waals surface area contributed by atoms with Crippen molar-refractivity contribution < 1.29 is 0 Å². The summed E-state index contributed by atoms with van der Waals surface area (Å²) in [5.41, 5.74) is 19.3. The molecule has 0 amide bonds. The maximum Gasteiger partial charge on any atom is 0.0536 e. The summed E-state index contributed by atoms with van der Waals surface area (Å²) < 4.78 is 0. The molecule has 0 aromatic heterocycles. The van der Waals surface area contributed by atoms with E-state index < -0.39 is 0 Å². The van der Waals surface area contributed by atoms with Gasteiger partial charge in [-0.15, -0.1) is 6.42 Å². The second-order valence-electron chi connectivity index (χ2n) is 17.3. The van der Waals surface area contributed by atoms with Gasteiger partial charge in [0.25, 0.3) is 0 Å². The van der Waals surface area contributed by atoms with Gasteiger partial charge in [0.15, 0.2) is 0 Å². The largest absolute Gasteiger partial charge is 0.320 e. The highest BCUT2D eigenvalue weighted by atomic mass is 15.1. The Kier molecular flexibility index (Phi) is 16.2. The Morgan fingerprint density at radius 2 is 1.32 bits per heavy atom. The standard InChI is InChI=1S/C66H62N2/c1-5-9-25-52(8-4)55-37-43-62(44-38-55)67(50-60-31-16-15-29-54(60)26-10-6-2)61(22-7-3)34-18-14-23-51-24-20-33-59(49-51)57-41-47-64(48-42-57)68(66-36-21-32-58-30-17-19-35-65(58)66)63-45-39-56(40-46-63)53-27-12-11-13-28-53/h3,5-6,8-13,16,19-22,24-28,31-33,35-50H,4,14-15,17-18,23,29-30,34H2,1-2H3/b9-5-,10-6-,52-25+,54-26-,60-50+,61-22+. The molecule has 68 heavy (non-hydrogen) atoms. The number of fused-ring (bicyclic) bond motifs is 1. The van der Waals surface area contributed by atoms with Crippen LogP contribution < -0.4 is 9.80 Å². The monoisotopic (exact) mass is 882 g/mol. The Balaban J connectivity index is 1.00. The molecule has 0 bridgehead atoms. The smallest absolute Gasteiger partial charge is 0.0536 e. The van der Waals surface area contributed by atoms with Crippen molar-refractivity contribution in [2.75, 3.05) is 9.80 Å². The lowest BCUT2D eigenvalue weighted by Gasteiger charge is -2.29. The Bertz CT molecular complexity index is 2960. The molecule has 336 valence electrons. The number of hydrogen-bond donors (Lipinski definition) is 0. The minimum Gasteiger partial charge on any atom is -0.320 e. The molecular formula is C66H62N2. The predicted octanol–water partition coefficient (Wildman–Crippen LogP) is 18.1. The van der Waals surface area contributed by atoms with Crippen LogP contribution in [-0.4, -0.2) is 0 Å². The number of aryl methyl sites for hydroxylation is 2. The minimum atomic E-state index is 0.847. The highest BCUT2D eigenvalue weighted by molar-refractivity contribution is 5.85. The normalized spacial score (nSPS) is 15.0. The van der Waals surface area contributed by atoms with E-state index in [1.165, 1.54) is 55.8 Å². The Morgan fingerprint density at radius 1 is 0.662 bits per heavy atom. The first kappa shape index (κ1) is 46.7.